The molecule has 0 aliphatic carbocycles. The summed E-state index contributed by atoms with van der Waals surface area (Å²) in [7, 11) is 4.36. The maximum Gasteiger partial charge on any atom is 0.307 e. The van der Waals surface area contributed by atoms with E-state index in [9.17, 15) is 9.59 Å². The van der Waals surface area contributed by atoms with E-state index in [1.165, 1.54) is 27.5 Å². The number of ether oxygens (including phenoxy) is 3. The molecule has 25 heavy (non-hydrogen) atoms. The van der Waals surface area contributed by atoms with Crippen LogP contribution in [0.15, 0.2) is 42.7 Å². The Morgan fingerprint density at radius 1 is 1.12 bits per heavy atom. The van der Waals surface area contributed by atoms with Gasteiger partial charge in [-0.2, -0.15) is 0 Å². The van der Waals surface area contributed by atoms with E-state index < -0.39 is 12.0 Å². The molecule has 0 fully saturated rings. The van der Waals surface area contributed by atoms with Crippen molar-refractivity contribution >= 4 is 11.9 Å². The second-order valence-corrected chi connectivity index (χ2v) is 5.16. The van der Waals surface area contributed by atoms with Crippen LogP contribution >= 0.6 is 0 Å². The molecule has 7 heteroatoms. The summed E-state index contributed by atoms with van der Waals surface area (Å²) in [6.45, 7) is 0. The quantitative estimate of drug-likeness (QED) is 0.775. The number of hydrogen-bond donors (Lipinski definition) is 1. The third-order valence-corrected chi connectivity index (χ3v) is 3.64. The molecule has 0 aliphatic heterocycles. The molecule has 1 aromatic heterocycles. The average molecular weight is 344 g/mol. The predicted octanol–water partition coefficient (Wildman–Crippen LogP) is 2.13. The predicted molar refractivity (Wildman–Crippen MR) is 90.6 cm³/mol. The highest BCUT2D eigenvalue weighted by atomic mass is 16.5. The number of carbonyl (C=O) groups is 2. The number of amides is 1. The van der Waals surface area contributed by atoms with Crippen LogP contribution in [-0.2, 0) is 9.53 Å². The molecule has 0 radical (unpaired) electrons. The number of benzene rings is 1. The van der Waals surface area contributed by atoms with E-state index in [1.54, 1.807) is 36.5 Å². The number of carbonyl (C=O) groups excluding carboxylic acids is 2. The van der Waals surface area contributed by atoms with Crippen molar-refractivity contribution in [2.75, 3.05) is 21.3 Å². The van der Waals surface area contributed by atoms with Gasteiger partial charge < -0.3 is 19.5 Å². The summed E-state index contributed by atoms with van der Waals surface area (Å²) in [6, 6.07) is 7.93. The van der Waals surface area contributed by atoms with Crippen LogP contribution in [0, 0.1) is 0 Å². The summed E-state index contributed by atoms with van der Waals surface area (Å²) in [5.41, 5.74) is 1.10. The van der Waals surface area contributed by atoms with Crippen molar-refractivity contribution in [2.45, 2.75) is 12.5 Å². The van der Waals surface area contributed by atoms with Crippen molar-refractivity contribution in [1.29, 1.82) is 0 Å². The molecule has 1 aromatic carbocycles. The molecule has 1 heterocycles. The summed E-state index contributed by atoms with van der Waals surface area (Å²) < 4.78 is 15.2. The third-order valence-electron chi connectivity index (χ3n) is 3.64. The molecular weight excluding hydrogens is 324 g/mol. The smallest absolute Gasteiger partial charge is 0.307 e. The van der Waals surface area contributed by atoms with Crippen LogP contribution < -0.4 is 14.8 Å². The van der Waals surface area contributed by atoms with Gasteiger partial charge in [0, 0.05) is 12.4 Å². The van der Waals surface area contributed by atoms with Gasteiger partial charge in [0.15, 0.2) is 11.5 Å². The second kappa shape index (κ2) is 8.68. The number of rotatable bonds is 7. The molecule has 132 valence electrons. The van der Waals surface area contributed by atoms with Crippen molar-refractivity contribution in [3.63, 3.8) is 0 Å². The number of hydrogen-bond acceptors (Lipinski definition) is 6. The monoisotopic (exact) mass is 344 g/mol. The lowest BCUT2D eigenvalue weighted by Gasteiger charge is -2.19. The van der Waals surface area contributed by atoms with E-state index in [1.807, 2.05) is 0 Å². The van der Waals surface area contributed by atoms with Crippen molar-refractivity contribution in [3.05, 3.63) is 53.9 Å². The van der Waals surface area contributed by atoms with Crippen LogP contribution in [0.25, 0.3) is 0 Å². The zero-order chi connectivity index (χ0) is 18.2. The van der Waals surface area contributed by atoms with Crippen LogP contribution in [0.4, 0.5) is 0 Å². The third kappa shape index (κ3) is 4.69. The first-order valence-corrected chi connectivity index (χ1v) is 7.58. The fourth-order valence-corrected chi connectivity index (χ4v) is 2.31. The average Bonchev–Trinajstić information content (AvgIpc) is 2.67. The molecule has 0 saturated carbocycles. The number of esters is 1. The van der Waals surface area contributed by atoms with Gasteiger partial charge in [0.05, 0.1) is 39.4 Å². The lowest BCUT2D eigenvalue weighted by molar-refractivity contribution is -0.141. The van der Waals surface area contributed by atoms with E-state index in [2.05, 4.69) is 10.3 Å². The van der Waals surface area contributed by atoms with Gasteiger partial charge in [0.2, 0.25) is 0 Å². The molecule has 1 N–H and O–H groups in total. The fraction of sp³-hybridized carbons (Fsp3) is 0.278. The van der Waals surface area contributed by atoms with Gasteiger partial charge in [-0.1, -0.05) is 6.07 Å². The Kier molecular flexibility index (Phi) is 6.33. The van der Waals surface area contributed by atoms with Crippen LogP contribution in [0.2, 0.25) is 0 Å². The molecule has 2 rings (SSSR count). The van der Waals surface area contributed by atoms with Crippen LogP contribution in [-0.4, -0.2) is 38.2 Å². The summed E-state index contributed by atoms with van der Waals surface area (Å²) >= 11 is 0. The molecule has 2 aromatic rings. The van der Waals surface area contributed by atoms with Gasteiger partial charge >= 0.3 is 5.97 Å². The van der Waals surface area contributed by atoms with E-state index >= 15 is 0 Å². The SMILES string of the molecule is COC(=O)CC(NC(=O)c1cccnc1)c1ccc(OC)c(OC)c1. The Hall–Kier alpha value is -3.09. The number of methoxy groups -OCH3 is 3. The van der Waals surface area contributed by atoms with Crippen LogP contribution in [0.1, 0.15) is 28.4 Å². The zero-order valence-electron chi connectivity index (χ0n) is 14.3. The second-order valence-electron chi connectivity index (χ2n) is 5.16. The van der Waals surface area contributed by atoms with E-state index in [0.717, 1.165) is 0 Å². The first-order chi connectivity index (χ1) is 12.1. The minimum absolute atomic E-state index is 0.0159. The van der Waals surface area contributed by atoms with Crippen molar-refractivity contribution in [1.82, 2.24) is 10.3 Å². The Labute approximate surface area is 145 Å². The van der Waals surface area contributed by atoms with E-state index in [-0.39, 0.29) is 12.3 Å². The molecule has 1 atom stereocenters. The number of aromatic nitrogens is 1. The van der Waals surface area contributed by atoms with E-state index in [0.29, 0.717) is 22.6 Å². The van der Waals surface area contributed by atoms with Crippen molar-refractivity contribution < 1.29 is 23.8 Å². The minimum atomic E-state index is -0.583. The lowest BCUT2D eigenvalue weighted by atomic mass is 10.0. The van der Waals surface area contributed by atoms with Crippen molar-refractivity contribution in [2.24, 2.45) is 0 Å². The van der Waals surface area contributed by atoms with Gasteiger partial charge in [-0.15, -0.1) is 0 Å². The van der Waals surface area contributed by atoms with Gasteiger partial charge in [0.25, 0.3) is 5.91 Å². The standard InChI is InChI=1S/C18H20N2O5/c1-23-15-7-6-12(9-16(15)24-2)14(10-17(21)25-3)20-18(22)13-5-4-8-19-11-13/h4-9,11,14H,10H2,1-3H3,(H,20,22). The summed E-state index contributed by atoms with van der Waals surface area (Å²) in [5, 5.41) is 2.83. The highest BCUT2D eigenvalue weighted by Gasteiger charge is 2.21. The Bertz CT molecular complexity index is 734. The summed E-state index contributed by atoms with van der Waals surface area (Å²) in [6.07, 6.45) is 3.02. The minimum Gasteiger partial charge on any atom is -0.493 e. The Morgan fingerprint density at radius 2 is 1.88 bits per heavy atom. The van der Waals surface area contributed by atoms with Crippen LogP contribution in [0.3, 0.4) is 0 Å². The molecule has 7 nitrogen and oxygen atoms in total. The van der Waals surface area contributed by atoms with Gasteiger partial charge in [-0.25, -0.2) is 0 Å². The van der Waals surface area contributed by atoms with Gasteiger partial charge in [0.1, 0.15) is 0 Å². The first kappa shape index (κ1) is 18.3. The van der Waals surface area contributed by atoms with E-state index in [4.69, 9.17) is 14.2 Å². The van der Waals surface area contributed by atoms with Crippen LogP contribution in [0.5, 0.6) is 11.5 Å². The number of nitrogens with zero attached hydrogens (tertiary/aromatic N) is 1. The lowest BCUT2D eigenvalue weighted by Crippen LogP contribution is -2.30. The zero-order valence-corrected chi connectivity index (χ0v) is 14.3. The highest BCUT2D eigenvalue weighted by Crippen LogP contribution is 2.31. The molecule has 1 unspecified atom stereocenters. The Balaban J connectivity index is 2.29. The molecule has 0 spiro atoms. The van der Waals surface area contributed by atoms with Gasteiger partial charge in [-0.05, 0) is 29.8 Å². The fourth-order valence-electron chi connectivity index (χ4n) is 2.31. The maximum atomic E-state index is 12.4. The van der Waals surface area contributed by atoms with Crippen molar-refractivity contribution in [3.8, 4) is 11.5 Å². The molecule has 0 aliphatic rings. The molecule has 1 amide bonds. The summed E-state index contributed by atoms with van der Waals surface area (Å²) in [5.74, 6) is 0.287. The number of nitrogens with one attached hydrogen (secondary N) is 1. The molecule has 0 bridgehead atoms. The Morgan fingerprint density at radius 3 is 2.48 bits per heavy atom. The highest BCUT2D eigenvalue weighted by molar-refractivity contribution is 5.94. The first-order valence-electron chi connectivity index (χ1n) is 7.58. The largest absolute Gasteiger partial charge is 0.493 e. The van der Waals surface area contributed by atoms with Gasteiger partial charge in [-0.3, -0.25) is 14.6 Å². The normalized spacial score (nSPS) is 11.3. The number of pyridine rings is 1. The summed E-state index contributed by atoms with van der Waals surface area (Å²) in [4.78, 5) is 28.1. The maximum absolute atomic E-state index is 12.4. The molecule has 0 saturated heterocycles. The topological polar surface area (TPSA) is 86.8 Å². The molecular formula is C18H20N2O5.